The van der Waals surface area contributed by atoms with Gasteiger partial charge in [-0.05, 0) is 36.2 Å². The first-order valence-corrected chi connectivity index (χ1v) is 10.8. The van der Waals surface area contributed by atoms with Crippen molar-refractivity contribution in [3.8, 4) is 17.1 Å². The molecule has 0 atom stereocenters. The number of para-hydroxylation sites is 1. The number of halogens is 4. The molecular formula is C24H24F4N4O4. The molecule has 0 radical (unpaired) electrons. The average molecular weight is 508 g/mol. The molecule has 0 aliphatic rings. The lowest BCUT2D eigenvalue weighted by Gasteiger charge is -2.21. The molecule has 1 aromatic heterocycles. The Kier molecular flexibility index (Phi) is 8.30. The smallest absolute Gasteiger partial charge is 0.405 e. The van der Waals surface area contributed by atoms with E-state index < -0.39 is 23.8 Å². The lowest BCUT2D eigenvalue weighted by Crippen LogP contribution is -2.32. The standard InChI is InChI=1S/C24H24F4N4O4/c1-30(12-5-13-33)23(35)20-22(31(2)15-34)29-21(32(20)14-16-8-10-17(25)11-9-16)18-6-3-4-7-19(18)36-24(26,27)28/h3-4,6-11,15,33H,5,12-14H2,1-2H3. The molecule has 0 bridgehead atoms. The van der Waals surface area contributed by atoms with E-state index in [1.54, 1.807) is 0 Å². The van der Waals surface area contributed by atoms with E-state index in [1.165, 1.54) is 66.0 Å². The molecule has 0 unspecified atom stereocenters. The van der Waals surface area contributed by atoms with Gasteiger partial charge in [-0.1, -0.05) is 24.3 Å². The van der Waals surface area contributed by atoms with E-state index in [0.29, 0.717) is 12.0 Å². The summed E-state index contributed by atoms with van der Waals surface area (Å²) in [5.74, 6) is -1.79. The number of ether oxygens (including phenoxy) is 1. The van der Waals surface area contributed by atoms with Crippen LogP contribution in [-0.2, 0) is 11.3 Å². The fraction of sp³-hybridized carbons (Fsp3) is 0.292. The average Bonchev–Trinajstić information content (AvgIpc) is 3.21. The lowest BCUT2D eigenvalue weighted by molar-refractivity contribution is -0.274. The Morgan fingerprint density at radius 1 is 1.14 bits per heavy atom. The maximum absolute atomic E-state index is 13.5. The second kappa shape index (κ2) is 11.2. The highest BCUT2D eigenvalue weighted by molar-refractivity contribution is 6.00. The van der Waals surface area contributed by atoms with E-state index >= 15 is 0 Å². The van der Waals surface area contributed by atoms with Crippen LogP contribution in [-0.4, -0.2) is 65.5 Å². The molecule has 2 aromatic carbocycles. The molecule has 2 amide bonds. The molecule has 192 valence electrons. The highest BCUT2D eigenvalue weighted by Gasteiger charge is 2.34. The number of aromatic nitrogens is 2. The summed E-state index contributed by atoms with van der Waals surface area (Å²) in [7, 11) is 2.84. The zero-order chi connectivity index (χ0) is 26.5. The van der Waals surface area contributed by atoms with Crippen molar-refractivity contribution in [2.45, 2.75) is 19.3 Å². The summed E-state index contributed by atoms with van der Waals surface area (Å²) in [4.78, 5) is 31.8. The number of hydrogen-bond donors (Lipinski definition) is 1. The monoisotopic (exact) mass is 508 g/mol. The molecule has 3 rings (SSSR count). The van der Waals surface area contributed by atoms with Crippen LogP contribution in [0.4, 0.5) is 23.4 Å². The van der Waals surface area contributed by atoms with Crippen molar-refractivity contribution in [1.82, 2.24) is 14.5 Å². The SMILES string of the molecule is CN(CCCO)C(=O)c1c(N(C)C=O)nc(-c2ccccc2OC(F)(F)F)n1Cc1ccc(F)cc1. The van der Waals surface area contributed by atoms with Crippen LogP contribution in [0.1, 0.15) is 22.5 Å². The van der Waals surface area contributed by atoms with Gasteiger partial charge < -0.3 is 24.2 Å². The van der Waals surface area contributed by atoms with Crippen molar-refractivity contribution < 1.29 is 37.0 Å². The molecule has 0 aliphatic heterocycles. The number of aliphatic hydroxyl groups excluding tert-OH is 1. The Labute approximate surface area is 204 Å². The third-order valence-corrected chi connectivity index (χ3v) is 5.25. The number of carbonyl (C=O) groups excluding carboxylic acids is 2. The molecule has 0 aliphatic carbocycles. The van der Waals surface area contributed by atoms with Gasteiger partial charge in [-0.3, -0.25) is 9.59 Å². The van der Waals surface area contributed by atoms with Crippen LogP contribution in [0, 0.1) is 5.82 Å². The quantitative estimate of drug-likeness (QED) is 0.334. The number of anilines is 1. The first-order valence-electron chi connectivity index (χ1n) is 10.8. The van der Waals surface area contributed by atoms with Gasteiger partial charge >= 0.3 is 6.36 Å². The van der Waals surface area contributed by atoms with Crippen LogP contribution in [0.25, 0.3) is 11.4 Å². The fourth-order valence-electron chi connectivity index (χ4n) is 3.53. The van der Waals surface area contributed by atoms with Crippen LogP contribution in [0.15, 0.2) is 48.5 Å². The maximum Gasteiger partial charge on any atom is 0.573 e. The van der Waals surface area contributed by atoms with Gasteiger partial charge in [0.2, 0.25) is 6.41 Å². The molecular weight excluding hydrogens is 484 g/mol. The summed E-state index contributed by atoms with van der Waals surface area (Å²) in [6.45, 7) is -0.0735. The molecule has 0 saturated heterocycles. The van der Waals surface area contributed by atoms with Crippen molar-refractivity contribution in [2.75, 3.05) is 32.1 Å². The van der Waals surface area contributed by atoms with Gasteiger partial charge in [-0.15, -0.1) is 13.2 Å². The molecule has 0 saturated carbocycles. The zero-order valence-electron chi connectivity index (χ0n) is 19.5. The molecule has 3 aromatic rings. The molecule has 1 N–H and O–H groups in total. The summed E-state index contributed by atoms with van der Waals surface area (Å²) in [6, 6.07) is 10.6. The van der Waals surface area contributed by atoms with Gasteiger partial charge in [0.15, 0.2) is 11.5 Å². The predicted octanol–water partition coefficient (Wildman–Crippen LogP) is 3.68. The number of hydrogen-bond acceptors (Lipinski definition) is 5. The first kappa shape index (κ1) is 26.7. The second-order valence-electron chi connectivity index (χ2n) is 7.88. The van der Waals surface area contributed by atoms with Crippen LogP contribution >= 0.6 is 0 Å². The number of imidazole rings is 1. The van der Waals surface area contributed by atoms with Crippen LogP contribution in [0.5, 0.6) is 5.75 Å². The predicted molar refractivity (Wildman–Crippen MR) is 123 cm³/mol. The van der Waals surface area contributed by atoms with Crippen LogP contribution in [0.2, 0.25) is 0 Å². The van der Waals surface area contributed by atoms with E-state index in [9.17, 15) is 27.2 Å². The molecule has 36 heavy (non-hydrogen) atoms. The van der Waals surface area contributed by atoms with Crippen molar-refractivity contribution >= 4 is 18.1 Å². The minimum atomic E-state index is -4.99. The number of aliphatic hydroxyl groups is 1. The van der Waals surface area contributed by atoms with Crippen molar-refractivity contribution in [2.24, 2.45) is 0 Å². The second-order valence-corrected chi connectivity index (χ2v) is 7.88. The number of benzene rings is 2. The van der Waals surface area contributed by atoms with Crippen molar-refractivity contribution in [3.05, 3.63) is 65.6 Å². The normalized spacial score (nSPS) is 11.3. The Morgan fingerprint density at radius 3 is 2.42 bits per heavy atom. The van der Waals surface area contributed by atoms with E-state index in [4.69, 9.17) is 5.11 Å². The van der Waals surface area contributed by atoms with Crippen LogP contribution < -0.4 is 9.64 Å². The van der Waals surface area contributed by atoms with E-state index in [-0.39, 0.29) is 49.0 Å². The third kappa shape index (κ3) is 6.19. The van der Waals surface area contributed by atoms with E-state index in [0.717, 1.165) is 11.0 Å². The summed E-state index contributed by atoms with van der Waals surface area (Å²) >= 11 is 0. The summed E-state index contributed by atoms with van der Waals surface area (Å²) < 4.78 is 58.4. The number of nitrogens with zero attached hydrogens (tertiary/aromatic N) is 4. The molecule has 8 nitrogen and oxygen atoms in total. The highest BCUT2D eigenvalue weighted by atomic mass is 19.4. The van der Waals surface area contributed by atoms with E-state index in [2.05, 4.69) is 9.72 Å². The zero-order valence-corrected chi connectivity index (χ0v) is 19.5. The molecule has 0 fully saturated rings. The number of amides is 2. The van der Waals surface area contributed by atoms with Gasteiger partial charge in [-0.2, -0.15) is 0 Å². The number of carbonyl (C=O) groups is 2. The van der Waals surface area contributed by atoms with Gasteiger partial charge in [0.05, 0.1) is 5.56 Å². The summed E-state index contributed by atoms with van der Waals surface area (Å²) in [6.07, 6.45) is -4.30. The summed E-state index contributed by atoms with van der Waals surface area (Å²) in [5.41, 5.74) is 0.373. The topological polar surface area (TPSA) is 87.9 Å². The van der Waals surface area contributed by atoms with Gasteiger partial charge in [0.1, 0.15) is 17.4 Å². The highest BCUT2D eigenvalue weighted by Crippen LogP contribution is 2.36. The van der Waals surface area contributed by atoms with Gasteiger partial charge in [0, 0.05) is 33.8 Å². The van der Waals surface area contributed by atoms with Gasteiger partial charge in [-0.25, -0.2) is 9.37 Å². The summed E-state index contributed by atoms with van der Waals surface area (Å²) in [5, 5.41) is 9.15. The lowest BCUT2D eigenvalue weighted by atomic mass is 10.1. The Morgan fingerprint density at radius 2 is 1.81 bits per heavy atom. The molecule has 12 heteroatoms. The van der Waals surface area contributed by atoms with Crippen molar-refractivity contribution in [3.63, 3.8) is 0 Å². The Bertz CT molecular complexity index is 1210. The largest absolute Gasteiger partial charge is 0.573 e. The van der Waals surface area contributed by atoms with Crippen molar-refractivity contribution in [1.29, 1.82) is 0 Å². The van der Waals surface area contributed by atoms with Gasteiger partial charge in [0.25, 0.3) is 5.91 Å². The minimum Gasteiger partial charge on any atom is -0.405 e. The number of alkyl halides is 3. The molecule has 1 heterocycles. The number of rotatable bonds is 10. The first-order chi connectivity index (χ1) is 17.1. The minimum absolute atomic E-state index is 0.0678. The Hall–Kier alpha value is -3.93. The molecule has 0 spiro atoms. The van der Waals surface area contributed by atoms with E-state index in [1.807, 2.05) is 0 Å². The Balaban J connectivity index is 2.27. The fourth-order valence-corrected chi connectivity index (χ4v) is 3.53. The van der Waals surface area contributed by atoms with Crippen LogP contribution in [0.3, 0.4) is 0 Å². The third-order valence-electron chi connectivity index (χ3n) is 5.25. The maximum atomic E-state index is 13.5.